The van der Waals surface area contributed by atoms with Gasteiger partial charge in [-0.05, 0) is 18.6 Å². The van der Waals surface area contributed by atoms with E-state index in [0.29, 0.717) is 5.84 Å². The number of hydrogen-bond acceptors (Lipinski definition) is 1. The molecule has 0 radical (unpaired) electrons. The monoisotopic (exact) mass is 124 g/mol. The SMILES string of the molecule is C=C/C(C)=C\C(N)=NC. The summed E-state index contributed by atoms with van der Waals surface area (Å²) in [5.41, 5.74) is 6.40. The molecule has 9 heavy (non-hydrogen) atoms. The molecule has 0 heterocycles. The standard InChI is InChI=1S/C7H12N2/c1-4-6(2)5-7(8)9-3/h4-5H,1H2,2-3H3,(H2,8,9)/b6-5-. The molecule has 50 valence electrons. The highest BCUT2D eigenvalue weighted by Crippen LogP contribution is 1.90. The number of allylic oxidation sites excluding steroid dienone is 2. The van der Waals surface area contributed by atoms with Crippen LogP contribution in [0.1, 0.15) is 6.92 Å². The minimum atomic E-state index is 0.535. The van der Waals surface area contributed by atoms with Crippen molar-refractivity contribution in [1.82, 2.24) is 0 Å². The van der Waals surface area contributed by atoms with Gasteiger partial charge in [0.15, 0.2) is 0 Å². The highest BCUT2D eigenvalue weighted by Gasteiger charge is 1.81. The molecule has 0 aliphatic rings. The van der Waals surface area contributed by atoms with Gasteiger partial charge in [0, 0.05) is 7.05 Å². The average Bonchev–Trinajstić information content (AvgIpc) is 1.87. The van der Waals surface area contributed by atoms with E-state index in [4.69, 9.17) is 5.73 Å². The minimum absolute atomic E-state index is 0.535. The van der Waals surface area contributed by atoms with Crippen molar-refractivity contribution in [2.75, 3.05) is 7.05 Å². The molecule has 0 aliphatic heterocycles. The van der Waals surface area contributed by atoms with E-state index in [0.717, 1.165) is 5.57 Å². The zero-order valence-electron chi connectivity index (χ0n) is 5.89. The first-order valence-electron chi connectivity index (χ1n) is 2.73. The van der Waals surface area contributed by atoms with E-state index in [-0.39, 0.29) is 0 Å². The number of nitrogens with two attached hydrogens (primary N) is 1. The van der Waals surface area contributed by atoms with Crippen LogP contribution in [0.15, 0.2) is 29.3 Å². The van der Waals surface area contributed by atoms with Crippen molar-refractivity contribution in [2.45, 2.75) is 6.92 Å². The molecule has 0 unspecified atom stereocenters. The number of hydrogen-bond donors (Lipinski definition) is 1. The fraction of sp³-hybridized carbons (Fsp3) is 0.286. The first-order valence-corrected chi connectivity index (χ1v) is 2.73. The fourth-order valence-electron chi connectivity index (χ4n) is 0.357. The van der Waals surface area contributed by atoms with Crippen LogP contribution in [-0.2, 0) is 0 Å². The lowest BCUT2D eigenvalue weighted by molar-refractivity contribution is 1.40. The minimum Gasteiger partial charge on any atom is -0.384 e. The van der Waals surface area contributed by atoms with Crippen molar-refractivity contribution < 1.29 is 0 Å². The van der Waals surface area contributed by atoms with E-state index in [1.807, 2.05) is 6.92 Å². The molecule has 0 aromatic rings. The quantitative estimate of drug-likeness (QED) is 0.334. The largest absolute Gasteiger partial charge is 0.384 e. The molecule has 0 atom stereocenters. The van der Waals surface area contributed by atoms with Crippen LogP contribution in [0.2, 0.25) is 0 Å². The Morgan fingerprint density at radius 1 is 1.67 bits per heavy atom. The molecule has 0 saturated heterocycles. The fourth-order valence-corrected chi connectivity index (χ4v) is 0.357. The summed E-state index contributed by atoms with van der Waals surface area (Å²) >= 11 is 0. The summed E-state index contributed by atoms with van der Waals surface area (Å²) in [6, 6.07) is 0. The molecule has 2 heteroatoms. The summed E-state index contributed by atoms with van der Waals surface area (Å²) in [4.78, 5) is 3.75. The van der Waals surface area contributed by atoms with E-state index in [9.17, 15) is 0 Å². The Kier molecular flexibility index (Phi) is 3.44. The molecular formula is C7H12N2. The Hall–Kier alpha value is -1.05. The van der Waals surface area contributed by atoms with Crippen molar-refractivity contribution in [1.29, 1.82) is 0 Å². The van der Waals surface area contributed by atoms with E-state index in [2.05, 4.69) is 11.6 Å². The smallest absolute Gasteiger partial charge is 0.118 e. The van der Waals surface area contributed by atoms with Crippen LogP contribution in [0, 0.1) is 0 Å². The van der Waals surface area contributed by atoms with Crippen molar-refractivity contribution in [2.24, 2.45) is 10.7 Å². The molecule has 0 aromatic carbocycles. The highest BCUT2D eigenvalue weighted by molar-refractivity contribution is 5.92. The van der Waals surface area contributed by atoms with Crippen LogP contribution in [0.4, 0.5) is 0 Å². The van der Waals surface area contributed by atoms with Gasteiger partial charge in [-0.2, -0.15) is 0 Å². The van der Waals surface area contributed by atoms with Crippen LogP contribution in [0.25, 0.3) is 0 Å². The second kappa shape index (κ2) is 3.89. The number of nitrogens with zero attached hydrogens (tertiary/aromatic N) is 1. The third-order valence-electron chi connectivity index (χ3n) is 0.956. The summed E-state index contributed by atoms with van der Waals surface area (Å²) in [6.07, 6.45) is 3.50. The van der Waals surface area contributed by atoms with Gasteiger partial charge in [0.2, 0.25) is 0 Å². The Bertz CT molecular complexity index is 154. The normalized spacial score (nSPS) is 13.6. The first-order chi connectivity index (χ1) is 4.20. The Morgan fingerprint density at radius 3 is 2.56 bits per heavy atom. The van der Waals surface area contributed by atoms with Gasteiger partial charge < -0.3 is 5.73 Å². The zero-order chi connectivity index (χ0) is 7.28. The van der Waals surface area contributed by atoms with Gasteiger partial charge in [0.25, 0.3) is 0 Å². The van der Waals surface area contributed by atoms with Crippen LogP contribution >= 0.6 is 0 Å². The maximum Gasteiger partial charge on any atom is 0.118 e. The van der Waals surface area contributed by atoms with Crippen LogP contribution in [-0.4, -0.2) is 12.9 Å². The molecule has 0 saturated carbocycles. The van der Waals surface area contributed by atoms with Gasteiger partial charge in [-0.3, -0.25) is 4.99 Å². The molecule has 0 rings (SSSR count). The third kappa shape index (κ3) is 3.53. The molecule has 0 amide bonds. The lowest BCUT2D eigenvalue weighted by atomic mass is 10.3. The predicted molar refractivity (Wildman–Crippen MR) is 41.5 cm³/mol. The van der Waals surface area contributed by atoms with Crippen molar-refractivity contribution in [3.63, 3.8) is 0 Å². The molecule has 0 spiro atoms. The summed E-state index contributed by atoms with van der Waals surface area (Å²) in [5.74, 6) is 0.535. The van der Waals surface area contributed by atoms with Crippen molar-refractivity contribution >= 4 is 5.84 Å². The van der Waals surface area contributed by atoms with Gasteiger partial charge in [-0.25, -0.2) is 0 Å². The first kappa shape index (κ1) is 7.95. The van der Waals surface area contributed by atoms with E-state index < -0.39 is 0 Å². The number of rotatable bonds is 2. The Morgan fingerprint density at radius 2 is 2.22 bits per heavy atom. The molecule has 0 aromatic heterocycles. The second-order valence-corrected chi connectivity index (χ2v) is 1.74. The van der Waals surface area contributed by atoms with E-state index in [1.54, 1.807) is 19.2 Å². The lowest BCUT2D eigenvalue weighted by Crippen LogP contribution is -2.07. The Labute approximate surface area is 55.8 Å². The molecule has 0 fully saturated rings. The highest BCUT2D eigenvalue weighted by atomic mass is 14.8. The van der Waals surface area contributed by atoms with Crippen LogP contribution in [0.5, 0.6) is 0 Å². The summed E-state index contributed by atoms with van der Waals surface area (Å²) in [7, 11) is 1.65. The molecule has 0 bridgehead atoms. The zero-order valence-corrected chi connectivity index (χ0v) is 5.89. The lowest BCUT2D eigenvalue weighted by Gasteiger charge is -1.89. The van der Waals surface area contributed by atoms with Crippen molar-refractivity contribution in [3.05, 3.63) is 24.3 Å². The third-order valence-corrected chi connectivity index (χ3v) is 0.956. The molecule has 0 aliphatic carbocycles. The molecule has 2 N–H and O–H groups in total. The average molecular weight is 124 g/mol. The maximum absolute atomic E-state index is 5.38. The predicted octanol–water partition coefficient (Wildman–Crippen LogP) is 1.11. The van der Waals surface area contributed by atoms with Crippen molar-refractivity contribution in [3.8, 4) is 0 Å². The number of aliphatic imine (C=N–C) groups is 1. The summed E-state index contributed by atoms with van der Waals surface area (Å²) in [5, 5.41) is 0. The van der Waals surface area contributed by atoms with Gasteiger partial charge in [0.05, 0.1) is 0 Å². The van der Waals surface area contributed by atoms with Crippen LogP contribution in [0.3, 0.4) is 0 Å². The molecular weight excluding hydrogens is 112 g/mol. The molecule has 2 nitrogen and oxygen atoms in total. The van der Waals surface area contributed by atoms with E-state index >= 15 is 0 Å². The van der Waals surface area contributed by atoms with Crippen LogP contribution < -0.4 is 5.73 Å². The summed E-state index contributed by atoms with van der Waals surface area (Å²) in [6.45, 7) is 5.49. The topological polar surface area (TPSA) is 38.4 Å². The van der Waals surface area contributed by atoms with Gasteiger partial charge in [-0.15, -0.1) is 0 Å². The van der Waals surface area contributed by atoms with Gasteiger partial charge >= 0.3 is 0 Å². The van der Waals surface area contributed by atoms with E-state index in [1.165, 1.54) is 0 Å². The summed E-state index contributed by atoms with van der Waals surface area (Å²) < 4.78 is 0. The van der Waals surface area contributed by atoms with Gasteiger partial charge in [0.1, 0.15) is 5.84 Å². The maximum atomic E-state index is 5.38. The number of amidine groups is 1. The van der Waals surface area contributed by atoms with Gasteiger partial charge in [-0.1, -0.05) is 12.7 Å². The second-order valence-electron chi connectivity index (χ2n) is 1.74. The Balaban J connectivity index is 4.11.